The van der Waals surface area contributed by atoms with Crippen molar-refractivity contribution in [1.82, 2.24) is 4.90 Å². The number of fused-ring (bicyclic) bond motifs is 2. The van der Waals surface area contributed by atoms with Gasteiger partial charge in [-0.3, -0.25) is 9.69 Å². The van der Waals surface area contributed by atoms with Crippen LogP contribution in [0.1, 0.15) is 37.0 Å². The van der Waals surface area contributed by atoms with E-state index in [1.165, 1.54) is 14.0 Å². The smallest absolute Gasteiger partial charge is 0.338 e. The summed E-state index contributed by atoms with van der Waals surface area (Å²) in [5, 5.41) is 37.3. The first-order valence-electron chi connectivity index (χ1n) is 16.3. The van der Waals surface area contributed by atoms with Gasteiger partial charge in [0, 0.05) is 83.0 Å². The van der Waals surface area contributed by atoms with Crippen LogP contribution < -0.4 is 0 Å². The highest BCUT2D eigenvalue weighted by molar-refractivity contribution is 5.89. The summed E-state index contributed by atoms with van der Waals surface area (Å²) in [5.74, 6) is -3.65. The second-order valence-corrected chi connectivity index (χ2v) is 14.4. The van der Waals surface area contributed by atoms with Crippen LogP contribution in [0.5, 0.6) is 0 Å². The van der Waals surface area contributed by atoms with E-state index < -0.39 is 88.3 Å². The highest BCUT2D eigenvalue weighted by Gasteiger charge is 2.92. The average Bonchev–Trinajstić information content (AvgIpc) is 3.41. The molecule has 0 aromatic heterocycles. The van der Waals surface area contributed by atoms with Crippen LogP contribution in [0.4, 0.5) is 0 Å². The maximum atomic E-state index is 13.8. The number of ether oxygens (including phenoxy) is 6. The van der Waals surface area contributed by atoms with Crippen LogP contribution in [0, 0.1) is 34.5 Å². The molecule has 6 aliphatic rings. The van der Waals surface area contributed by atoms with E-state index in [4.69, 9.17) is 28.4 Å². The van der Waals surface area contributed by atoms with Crippen LogP contribution >= 0.6 is 0 Å². The molecule has 0 amide bonds. The Labute approximate surface area is 269 Å². The van der Waals surface area contributed by atoms with E-state index in [-0.39, 0.29) is 25.0 Å². The van der Waals surface area contributed by atoms with E-state index in [2.05, 4.69) is 4.90 Å². The molecule has 5 aliphatic carbocycles. The van der Waals surface area contributed by atoms with Gasteiger partial charge >= 0.3 is 11.9 Å². The molecular formula is C34H47NO11. The van der Waals surface area contributed by atoms with Crippen molar-refractivity contribution in [2.75, 3.05) is 48.1 Å². The van der Waals surface area contributed by atoms with Gasteiger partial charge in [-0.1, -0.05) is 25.1 Å². The average molecular weight is 646 g/mol. The van der Waals surface area contributed by atoms with Crippen molar-refractivity contribution in [3.8, 4) is 0 Å². The molecule has 15 atom stereocenters. The quantitative estimate of drug-likeness (QED) is 0.323. The van der Waals surface area contributed by atoms with Crippen LogP contribution in [0.3, 0.4) is 0 Å². The van der Waals surface area contributed by atoms with E-state index in [1.54, 1.807) is 51.7 Å². The number of likely N-dealkylation sites (tertiary alicyclic amines) is 1. The van der Waals surface area contributed by atoms with Crippen LogP contribution in [0.2, 0.25) is 0 Å². The Bertz CT molecular complexity index is 1360. The highest BCUT2D eigenvalue weighted by Crippen LogP contribution is 2.80. The van der Waals surface area contributed by atoms with Gasteiger partial charge < -0.3 is 43.7 Å². The number of aliphatic hydroxyl groups is 3. The summed E-state index contributed by atoms with van der Waals surface area (Å²) in [4.78, 5) is 29.3. The fourth-order valence-electron chi connectivity index (χ4n) is 12.3. The number of hydrogen-bond acceptors (Lipinski definition) is 12. The van der Waals surface area contributed by atoms with E-state index in [9.17, 15) is 24.9 Å². The van der Waals surface area contributed by atoms with E-state index >= 15 is 0 Å². The van der Waals surface area contributed by atoms with E-state index in [0.717, 1.165) is 0 Å². The topological polar surface area (TPSA) is 153 Å². The summed E-state index contributed by atoms with van der Waals surface area (Å²) >= 11 is 0. The Hall–Kier alpha value is -2.16. The number of carbonyl (C=O) groups excluding carboxylic acids is 2. The van der Waals surface area contributed by atoms with Crippen LogP contribution in [-0.4, -0.2) is 134 Å². The lowest BCUT2D eigenvalue weighted by Gasteiger charge is -2.70. The predicted octanol–water partition coefficient (Wildman–Crippen LogP) is 0.648. The van der Waals surface area contributed by atoms with Gasteiger partial charge in [0.25, 0.3) is 0 Å². The lowest BCUT2D eigenvalue weighted by atomic mass is 9.42. The summed E-state index contributed by atoms with van der Waals surface area (Å²) in [5.41, 5.74) is -4.79. The molecule has 5 saturated carbocycles. The maximum absolute atomic E-state index is 13.8. The number of carbonyl (C=O) groups is 2. The van der Waals surface area contributed by atoms with E-state index in [1.807, 2.05) is 6.92 Å². The Balaban J connectivity index is 1.53. The van der Waals surface area contributed by atoms with Crippen molar-refractivity contribution in [1.29, 1.82) is 0 Å². The number of benzene rings is 1. The zero-order valence-corrected chi connectivity index (χ0v) is 27.3. The van der Waals surface area contributed by atoms with Crippen molar-refractivity contribution in [3.05, 3.63) is 35.9 Å². The Morgan fingerprint density at radius 1 is 1.00 bits per heavy atom. The molecule has 3 N–H and O–H groups in total. The fraction of sp³-hybridized carbons (Fsp3) is 0.765. The monoisotopic (exact) mass is 645 g/mol. The summed E-state index contributed by atoms with van der Waals surface area (Å²) in [7, 11) is 6.27. The number of esters is 2. The van der Waals surface area contributed by atoms with Gasteiger partial charge in [0.2, 0.25) is 0 Å². The zero-order chi connectivity index (χ0) is 33.0. The fourth-order valence-corrected chi connectivity index (χ4v) is 12.3. The minimum Gasteiger partial charge on any atom is -0.455 e. The number of piperidine rings is 1. The summed E-state index contributed by atoms with van der Waals surface area (Å²) in [6, 6.07) is 8.18. The number of hydrogen-bond donors (Lipinski definition) is 3. The third-order valence-electron chi connectivity index (χ3n) is 13.2. The van der Waals surface area contributed by atoms with Crippen LogP contribution in [0.25, 0.3) is 0 Å². The lowest BCUT2D eigenvalue weighted by molar-refractivity contribution is -0.322. The van der Waals surface area contributed by atoms with Gasteiger partial charge in [0.15, 0.2) is 5.60 Å². The number of nitrogens with zero attached hydrogens (tertiary/aromatic N) is 1. The third kappa shape index (κ3) is 3.62. The molecular weight excluding hydrogens is 598 g/mol. The molecule has 3 unspecified atom stereocenters. The molecule has 7 rings (SSSR count). The van der Waals surface area contributed by atoms with Crippen molar-refractivity contribution in [2.24, 2.45) is 34.5 Å². The second-order valence-electron chi connectivity index (χ2n) is 14.4. The third-order valence-corrected chi connectivity index (χ3v) is 13.2. The Kier molecular flexibility index (Phi) is 7.69. The molecule has 0 radical (unpaired) electrons. The highest BCUT2D eigenvalue weighted by atomic mass is 16.6. The molecule has 7 bridgehead atoms. The first kappa shape index (κ1) is 32.4. The molecule has 12 heteroatoms. The minimum atomic E-state index is -1.83. The lowest BCUT2D eigenvalue weighted by Crippen LogP contribution is -2.81. The first-order chi connectivity index (χ1) is 22.0. The summed E-state index contributed by atoms with van der Waals surface area (Å²) in [6.45, 7) is 4.68. The zero-order valence-electron chi connectivity index (χ0n) is 27.3. The van der Waals surface area contributed by atoms with Gasteiger partial charge in [-0.15, -0.1) is 0 Å². The van der Waals surface area contributed by atoms with Gasteiger partial charge in [-0.05, 0) is 31.0 Å². The molecule has 46 heavy (non-hydrogen) atoms. The summed E-state index contributed by atoms with van der Waals surface area (Å²) in [6.07, 6.45) is -5.49. The van der Waals surface area contributed by atoms with E-state index in [0.29, 0.717) is 25.1 Å². The molecule has 1 aliphatic heterocycles. The van der Waals surface area contributed by atoms with Gasteiger partial charge in [-0.25, -0.2) is 4.79 Å². The van der Waals surface area contributed by atoms with Crippen LogP contribution in [0.15, 0.2) is 30.3 Å². The Morgan fingerprint density at radius 3 is 2.30 bits per heavy atom. The number of methoxy groups -OCH3 is 4. The molecule has 1 spiro atoms. The van der Waals surface area contributed by atoms with Crippen molar-refractivity contribution < 1.29 is 53.3 Å². The van der Waals surface area contributed by atoms with Gasteiger partial charge in [0.05, 0.1) is 30.5 Å². The Morgan fingerprint density at radius 2 is 1.72 bits per heavy atom. The van der Waals surface area contributed by atoms with Crippen molar-refractivity contribution >= 4 is 11.9 Å². The van der Waals surface area contributed by atoms with Gasteiger partial charge in [-0.2, -0.15) is 0 Å². The van der Waals surface area contributed by atoms with Gasteiger partial charge in [0.1, 0.15) is 23.9 Å². The molecule has 1 aromatic rings. The molecule has 6 fully saturated rings. The van der Waals surface area contributed by atoms with Crippen LogP contribution in [-0.2, 0) is 33.2 Å². The molecule has 1 aromatic carbocycles. The number of rotatable bonds is 9. The maximum Gasteiger partial charge on any atom is 0.338 e. The molecule has 12 nitrogen and oxygen atoms in total. The number of aliphatic hydroxyl groups excluding tert-OH is 2. The minimum absolute atomic E-state index is 0.0791. The second kappa shape index (κ2) is 10.9. The molecule has 1 saturated heterocycles. The molecule has 1 heterocycles. The standard InChI is InChI=1S/C34H47NO11/c1-7-35-15-31(16-41-3)20(37)13-21(42-4)33-19-14-32(40)28(45-30(39)18-11-9-8-10-12-18)22(19)34(46-17(2)36,27(38)29(32)44-6)23(26(33)35)24(43-5)25(31)33/h8-12,19-29,37-38,40H,7,13-16H2,1-6H3/t19?,20-,21+,22?,23+,24+,25?,26-,27+,28-,29-,31+,32-,33+,34-/m1/s1. The summed E-state index contributed by atoms with van der Waals surface area (Å²) < 4.78 is 37.4. The van der Waals surface area contributed by atoms with Crippen molar-refractivity contribution in [2.45, 2.75) is 80.6 Å². The normalized spacial score (nSPS) is 49.9. The van der Waals surface area contributed by atoms with Crippen molar-refractivity contribution in [3.63, 3.8) is 0 Å². The molecule has 254 valence electrons. The predicted molar refractivity (Wildman–Crippen MR) is 160 cm³/mol. The largest absolute Gasteiger partial charge is 0.455 e. The first-order valence-corrected chi connectivity index (χ1v) is 16.3. The SMILES string of the molecule is CCN1C[C@@]2(COC)C3[C@@H](OC)[C@H]4[C@@H]1[C@@]3(C1C[C@@]3(O)[C@H](OC(=O)c5ccccc5)C1[C@]4(OC(C)=O)[C@@H](O)[C@H]3OC)[C@@H](OC)C[C@H]2O.